The number of carbonyl (C=O) groups is 2. The minimum absolute atomic E-state index is 0.0980. The zero-order valence-electron chi connectivity index (χ0n) is 24.1. The van der Waals surface area contributed by atoms with E-state index >= 15 is 0 Å². The Hall–Kier alpha value is -3.65. The molecule has 0 aliphatic carbocycles. The Balaban J connectivity index is 2.08. The maximum atomic E-state index is 14.2. The van der Waals surface area contributed by atoms with E-state index in [1.54, 1.807) is 30.3 Å². The molecule has 3 rings (SSSR count). The fraction of sp³-hybridized carbons (Fsp3) is 0.375. The van der Waals surface area contributed by atoms with Crippen LogP contribution in [-0.2, 0) is 32.6 Å². The summed E-state index contributed by atoms with van der Waals surface area (Å²) in [7, 11) is -4.09. The third-order valence-electron chi connectivity index (χ3n) is 6.92. The first-order chi connectivity index (χ1) is 19.1. The molecule has 0 saturated carbocycles. The van der Waals surface area contributed by atoms with Crippen molar-refractivity contribution in [2.45, 2.75) is 64.9 Å². The van der Waals surface area contributed by atoms with Crippen LogP contribution in [-0.4, -0.2) is 44.3 Å². The first kappa shape index (κ1) is 30.9. The van der Waals surface area contributed by atoms with Crippen LogP contribution in [0.3, 0.4) is 0 Å². The average molecular weight is 564 g/mol. The molecular weight excluding hydrogens is 522 g/mol. The molecule has 3 aromatic carbocycles. The van der Waals surface area contributed by atoms with Crippen molar-refractivity contribution in [3.63, 3.8) is 0 Å². The molecule has 2 amide bonds. The molecule has 0 heterocycles. The van der Waals surface area contributed by atoms with E-state index in [-0.39, 0.29) is 23.3 Å². The van der Waals surface area contributed by atoms with Gasteiger partial charge in [0.2, 0.25) is 11.8 Å². The van der Waals surface area contributed by atoms with Gasteiger partial charge in [-0.25, -0.2) is 8.42 Å². The van der Waals surface area contributed by atoms with Gasteiger partial charge in [-0.3, -0.25) is 13.9 Å². The Labute approximate surface area is 239 Å². The molecule has 0 saturated heterocycles. The Kier molecular flexibility index (Phi) is 10.9. The van der Waals surface area contributed by atoms with E-state index in [1.807, 2.05) is 71.0 Å². The molecule has 8 heteroatoms. The number of nitrogens with zero attached hydrogens (tertiary/aromatic N) is 2. The lowest BCUT2D eigenvalue weighted by Crippen LogP contribution is -2.52. The summed E-state index contributed by atoms with van der Waals surface area (Å²) in [6, 6.07) is 22.3. The molecule has 0 radical (unpaired) electrons. The van der Waals surface area contributed by atoms with Gasteiger partial charge in [-0.2, -0.15) is 0 Å². The normalized spacial score (nSPS) is 12.2. The van der Waals surface area contributed by atoms with Gasteiger partial charge in [-0.1, -0.05) is 88.4 Å². The lowest BCUT2D eigenvalue weighted by atomic mass is 10.1. The summed E-state index contributed by atoms with van der Waals surface area (Å²) in [5, 5.41) is 2.96. The Morgan fingerprint density at radius 1 is 0.850 bits per heavy atom. The van der Waals surface area contributed by atoms with E-state index < -0.39 is 28.5 Å². The highest BCUT2D eigenvalue weighted by molar-refractivity contribution is 7.92. The number of carbonyl (C=O) groups excluding carboxylic acids is 2. The maximum absolute atomic E-state index is 14.2. The molecule has 0 fully saturated rings. The number of aryl methyl sites for hydroxylation is 2. The summed E-state index contributed by atoms with van der Waals surface area (Å²) in [5.74, 6) is -0.441. The van der Waals surface area contributed by atoms with Gasteiger partial charge in [0.25, 0.3) is 10.0 Å². The van der Waals surface area contributed by atoms with Crippen molar-refractivity contribution in [3.8, 4) is 0 Å². The minimum Gasteiger partial charge on any atom is -0.354 e. The largest absolute Gasteiger partial charge is 0.354 e. The molecule has 0 bridgehead atoms. The standard InChI is InChI=1S/C32H41N3O4S/c1-6-26-16-13-14-20-30(26)35(40(38,39)28-18-9-8-10-19-28)23-31(36)34(22-27-17-12-11-15-25(27)5)29(7-2)32(37)33-21-24(3)4/h8-20,24,29H,6-7,21-23H2,1-5H3,(H,33,37)/t29-/m0/s1. The average Bonchev–Trinajstić information content (AvgIpc) is 2.95. The van der Waals surface area contributed by atoms with E-state index in [2.05, 4.69) is 5.32 Å². The van der Waals surface area contributed by atoms with Gasteiger partial charge < -0.3 is 10.2 Å². The second-order valence-corrected chi connectivity index (χ2v) is 12.2. The molecule has 0 aliphatic rings. The number of nitrogens with one attached hydrogen (secondary N) is 1. The summed E-state index contributed by atoms with van der Waals surface area (Å²) in [6.07, 6.45) is 0.978. The third-order valence-corrected chi connectivity index (χ3v) is 8.70. The molecule has 0 aromatic heterocycles. The summed E-state index contributed by atoms with van der Waals surface area (Å²) in [4.78, 5) is 29.2. The SMILES string of the molecule is CCc1ccccc1N(CC(=O)N(Cc1ccccc1C)[C@@H](CC)C(=O)NCC(C)C)S(=O)(=O)c1ccccc1. The third kappa shape index (κ3) is 7.50. The van der Waals surface area contributed by atoms with E-state index in [0.29, 0.717) is 25.1 Å². The van der Waals surface area contributed by atoms with Crippen molar-refractivity contribution in [3.05, 3.63) is 95.6 Å². The number of hydrogen-bond donors (Lipinski definition) is 1. The predicted octanol–water partition coefficient (Wildman–Crippen LogP) is 5.33. The highest BCUT2D eigenvalue weighted by Gasteiger charge is 2.34. The fourth-order valence-corrected chi connectivity index (χ4v) is 6.07. The number of para-hydroxylation sites is 1. The number of amides is 2. The van der Waals surface area contributed by atoms with Gasteiger partial charge in [-0.05, 0) is 60.6 Å². The molecule has 214 valence electrons. The zero-order valence-corrected chi connectivity index (χ0v) is 24.9. The van der Waals surface area contributed by atoms with Crippen LogP contribution in [0.5, 0.6) is 0 Å². The van der Waals surface area contributed by atoms with Crippen LogP contribution in [0.1, 0.15) is 50.8 Å². The molecule has 0 aliphatic heterocycles. The van der Waals surface area contributed by atoms with Crippen molar-refractivity contribution in [2.75, 3.05) is 17.4 Å². The molecule has 1 N–H and O–H groups in total. The number of benzene rings is 3. The summed E-state index contributed by atoms with van der Waals surface area (Å²) >= 11 is 0. The topological polar surface area (TPSA) is 86.8 Å². The van der Waals surface area contributed by atoms with Crippen molar-refractivity contribution in [1.82, 2.24) is 10.2 Å². The van der Waals surface area contributed by atoms with Crippen LogP contribution >= 0.6 is 0 Å². The van der Waals surface area contributed by atoms with E-state index in [0.717, 1.165) is 16.7 Å². The Morgan fingerprint density at radius 2 is 1.45 bits per heavy atom. The van der Waals surface area contributed by atoms with Crippen LogP contribution in [0.15, 0.2) is 83.8 Å². The van der Waals surface area contributed by atoms with E-state index in [4.69, 9.17) is 0 Å². The van der Waals surface area contributed by atoms with Crippen molar-refractivity contribution in [2.24, 2.45) is 5.92 Å². The van der Waals surface area contributed by atoms with Gasteiger partial charge in [-0.15, -0.1) is 0 Å². The summed E-state index contributed by atoms with van der Waals surface area (Å²) < 4.78 is 29.2. The van der Waals surface area contributed by atoms with Gasteiger partial charge in [0, 0.05) is 13.1 Å². The monoisotopic (exact) mass is 563 g/mol. The Bertz CT molecular complexity index is 1390. The predicted molar refractivity (Wildman–Crippen MR) is 160 cm³/mol. The van der Waals surface area contributed by atoms with Crippen LogP contribution in [0, 0.1) is 12.8 Å². The maximum Gasteiger partial charge on any atom is 0.264 e. The molecule has 7 nitrogen and oxygen atoms in total. The number of rotatable bonds is 13. The summed E-state index contributed by atoms with van der Waals surface area (Å²) in [5.41, 5.74) is 3.15. The van der Waals surface area contributed by atoms with E-state index in [1.165, 1.54) is 21.3 Å². The molecule has 0 unspecified atom stereocenters. The number of anilines is 1. The van der Waals surface area contributed by atoms with Gasteiger partial charge in [0.05, 0.1) is 10.6 Å². The van der Waals surface area contributed by atoms with Gasteiger partial charge >= 0.3 is 0 Å². The summed E-state index contributed by atoms with van der Waals surface area (Å²) in [6.45, 7) is 10.0. The quantitative estimate of drug-likeness (QED) is 0.305. The molecule has 3 aromatic rings. The van der Waals surface area contributed by atoms with Crippen molar-refractivity contribution in [1.29, 1.82) is 0 Å². The minimum atomic E-state index is -4.09. The van der Waals surface area contributed by atoms with Crippen LogP contribution < -0.4 is 9.62 Å². The first-order valence-electron chi connectivity index (χ1n) is 13.9. The zero-order chi connectivity index (χ0) is 29.3. The number of sulfonamides is 1. The lowest BCUT2D eigenvalue weighted by Gasteiger charge is -2.34. The van der Waals surface area contributed by atoms with E-state index in [9.17, 15) is 18.0 Å². The van der Waals surface area contributed by atoms with Crippen LogP contribution in [0.25, 0.3) is 0 Å². The molecule has 1 atom stereocenters. The first-order valence-corrected chi connectivity index (χ1v) is 15.3. The van der Waals surface area contributed by atoms with Gasteiger partial charge in [0.15, 0.2) is 0 Å². The van der Waals surface area contributed by atoms with Gasteiger partial charge in [0.1, 0.15) is 12.6 Å². The molecular formula is C32H41N3O4S. The lowest BCUT2D eigenvalue weighted by molar-refractivity contribution is -0.140. The molecule has 0 spiro atoms. The Morgan fingerprint density at radius 3 is 2.05 bits per heavy atom. The van der Waals surface area contributed by atoms with Crippen molar-refractivity contribution >= 4 is 27.5 Å². The van der Waals surface area contributed by atoms with Crippen molar-refractivity contribution < 1.29 is 18.0 Å². The second-order valence-electron chi connectivity index (χ2n) is 10.3. The highest BCUT2D eigenvalue weighted by Crippen LogP contribution is 2.28. The second kappa shape index (κ2) is 14.1. The highest BCUT2D eigenvalue weighted by atomic mass is 32.2. The van der Waals surface area contributed by atoms with Crippen LogP contribution in [0.4, 0.5) is 5.69 Å². The molecule has 40 heavy (non-hydrogen) atoms. The van der Waals surface area contributed by atoms with Crippen LogP contribution in [0.2, 0.25) is 0 Å². The fourth-order valence-electron chi connectivity index (χ4n) is 4.60. The smallest absolute Gasteiger partial charge is 0.264 e. The number of hydrogen-bond acceptors (Lipinski definition) is 4.